The number of amides is 1. The van der Waals surface area contributed by atoms with Crippen LogP contribution in [-0.2, 0) is 11.2 Å². The molecule has 8 nitrogen and oxygen atoms in total. The van der Waals surface area contributed by atoms with Gasteiger partial charge in [0.05, 0.1) is 18.8 Å². The summed E-state index contributed by atoms with van der Waals surface area (Å²) < 4.78 is 39.3. The summed E-state index contributed by atoms with van der Waals surface area (Å²) in [5, 5.41) is 18.8. The predicted molar refractivity (Wildman–Crippen MR) is 117 cm³/mol. The van der Waals surface area contributed by atoms with Gasteiger partial charge in [-0.2, -0.15) is 0 Å². The first-order chi connectivity index (χ1) is 15.8. The molecule has 4 rings (SSSR count). The topological polar surface area (TPSA) is 109 Å². The van der Waals surface area contributed by atoms with Gasteiger partial charge in [0, 0.05) is 24.1 Å². The van der Waals surface area contributed by atoms with Gasteiger partial charge < -0.3 is 30.2 Å². The second-order valence-electron chi connectivity index (χ2n) is 9.09. The van der Waals surface area contributed by atoms with Gasteiger partial charge in [-0.05, 0) is 31.4 Å². The molecule has 1 aromatic heterocycles. The minimum Gasteiger partial charge on any atom is -0.444 e. The summed E-state index contributed by atoms with van der Waals surface area (Å²) in [5.41, 5.74) is 0.719. The molecule has 2 aliphatic rings. The van der Waals surface area contributed by atoms with E-state index in [1.807, 2.05) is 24.3 Å². The van der Waals surface area contributed by atoms with E-state index in [2.05, 4.69) is 20.9 Å². The van der Waals surface area contributed by atoms with E-state index >= 15 is 0 Å². The van der Waals surface area contributed by atoms with E-state index in [0.717, 1.165) is 11.1 Å². The highest BCUT2D eigenvalue weighted by atomic mass is 19.3. The number of hydrogen-bond donors (Lipinski definition) is 4. The van der Waals surface area contributed by atoms with Crippen LogP contribution in [0.2, 0.25) is 0 Å². The molecular weight excluding hydrogens is 434 g/mol. The van der Waals surface area contributed by atoms with Gasteiger partial charge in [0.25, 0.3) is 5.92 Å². The second-order valence-corrected chi connectivity index (χ2v) is 9.09. The zero-order valence-corrected chi connectivity index (χ0v) is 18.5. The molecule has 3 heterocycles. The predicted octanol–water partition coefficient (Wildman–Crippen LogP) is 2.34. The Morgan fingerprint density at radius 1 is 1.36 bits per heavy atom. The largest absolute Gasteiger partial charge is 0.444 e. The van der Waals surface area contributed by atoms with E-state index in [1.54, 1.807) is 13.1 Å². The van der Waals surface area contributed by atoms with Crippen molar-refractivity contribution < 1.29 is 27.8 Å². The monoisotopic (exact) mass is 464 g/mol. The Balaban J connectivity index is 1.29. The first-order valence-corrected chi connectivity index (χ1v) is 11.2. The van der Waals surface area contributed by atoms with Crippen LogP contribution in [0.5, 0.6) is 0 Å². The maximum atomic E-state index is 14.3. The van der Waals surface area contributed by atoms with Crippen LogP contribution in [0.15, 0.2) is 41.3 Å². The van der Waals surface area contributed by atoms with Crippen molar-refractivity contribution in [1.82, 2.24) is 20.9 Å². The normalized spacial score (nSPS) is 29.0. The molecule has 2 aliphatic heterocycles. The molecule has 0 aliphatic carbocycles. The van der Waals surface area contributed by atoms with Gasteiger partial charge in [0.1, 0.15) is 12.2 Å². The molecule has 1 aromatic carbocycles. The number of alkyl carbamates (subject to hydrolysis) is 1. The number of ether oxygens (including phenoxy) is 1. The van der Waals surface area contributed by atoms with Crippen LogP contribution < -0.4 is 16.0 Å². The van der Waals surface area contributed by atoms with Gasteiger partial charge in [0.15, 0.2) is 12.2 Å². The summed E-state index contributed by atoms with van der Waals surface area (Å²) >= 11 is 0. The number of nitrogens with one attached hydrogen (secondary N) is 3. The van der Waals surface area contributed by atoms with Gasteiger partial charge in [0.2, 0.25) is 0 Å². The van der Waals surface area contributed by atoms with Gasteiger partial charge in [-0.1, -0.05) is 31.2 Å². The molecular formula is C23H30F2N4O4. The Kier molecular flexibility index (Phi) is 6.96. The summed E-state index contributed by atoms with van der Waals surface area (Å²) in [7, 11) is 0. The molecule has 2 aromatic rings. The Hall–Kier alpha value is -2.56. The number of rotatable bonds is 7. The number of aliphatic hydroxyl groups excluding tert-OH is 1. The molecule has 4 N–H and O–H groups in total. The van der Waals surface area contributed by atoms with Crippen LogP contribution in [0.25, 0.3) is 11.3 Å². The quantitative estimate of drug-likeness (QED) is 0.498. The lowest BCUT2D eigenvalue weighted by Crippen LogP contribution is -2.53. The molecule has 1 amide bonds. The molecule has 180 valence electrons. The maximum Gasteiger partial charge on any atom is 0.407 e. The van der Waals surface area contributed by atoms with Crippen molar-refractivity contribution in [2.45, 2.75) is 50.4 Å². The molecule has 0 spiro atoms. The highest BCUT2D eigenvalue weighted by Crippen LogP contribution is 2.43. The number of halogens is 2. The lowest BCUT2D eigenvalue weighted by molar-refractivity contribution is -0.133. The van der Waals surface area contributed by atoms with E-state index in [-0.39, 0.29) is 25.6 Å². The lowest BCUT2D eigenvalue weighted by Gasteiger charge is -2.41. The lowest BCUT2D eigenvalue weighted by atomic mass is 9.75. The zero-order chi connectivity index (χ0) is 23.5. The number of aliphatic hydroxyl groups is 1. The number of benzene rings is 1. The minimum atomic E-state index is -2.84. The molecule has 1 unspecified atom stereocenters. The van der Waals surface area contributed by atoms with Gasteiger partial charge in [-0.3, -0.25) is 0 Å². The highest BCUT2D eigenvalue weighted by molar-refractivity contribution is 5.67. The third-order valence-electron chi connectivity index (χ3n) is 6.76. The number of β-amino-alcohol motifs (C(OH)–C–C–N with tert-alkyl or cyclic N) is 1. The Labute approximate surface area is 191 Å². The van der Waals surface area contributed by atoms with Crippen LogP contribution in [0.4, 0.5) is 13.6 Å². The van der Waals surface area contributed by atoms with E-state index in [1.165, 1.54) is 6.39 Å². The molecule has 0 radical (unpaired) electrons. The SMILES string of the molecule is C[C@]1(CCNC(=O)O[C@@H]2C(O)CN[C@@H]2Cc2ccc(-c3cnco3)cc2)CCNCC1(F)F. The average molecular weight is 465 g/mol. The van der Waals surface area contributed by atoms with Crippen LogP contribution in [0.3, 0.4) is 0 Å². The average Bonchev–Trinajstić information content (AvgIpc) is 3.43. The van der Waals surface area contributed by atoms with Crippen molar-refractivity contribution >= 4 is 6.09 Å². The van der Waals surface area contributed by atoms with Crippen molar-refractivity contribution in [1.29, 1.82) is 0 Å². The number of alkyl halides is 2. The van der Waals surface area contributed by atoms with E-state index in [4.69, 9.17) is 9.15 Å². The van der Waals surface area contributed by atoms with Gasteiger partial charge in [-0.15, -0.1) is 0 Å². The fourth-order valence-corrected chi connectivity index (χ4v) is 4.46. The summed E-state index contributed by atoms with van der Waals surface area (Å²) in [6, 6.07) is 7.46. The number of carbonyl (C=O) groups is 1. The van der Waals surface area contributed by atoms with Crippen LogP contribution in [-0.4, -0.2) is 66.5 Å². The number of aromatic nitrogens is 1. The van der Waals surface area contributed by atoms with Gasteiger partial charge >= 0.3 is 6.09 Å². The summed E-state index contributed by atoms with van der Waals surface area (Å²) in [6.07, 6.45) is 1.73. The molecule has 10 heteroatoms. The van der Waals surface area contributed by atoms with Crippen LogP contribution >= 0.6 is 0 Å². The van der Waals surface area contributed by atoms with Crippen molar-refractivity contribution in [2.24, 2.45) is 5.41 Å². The number of oxazole rings is 1. The molecule has 2 saturated heterocycles. The Morgan fingerprint density at radius 3 is 2.85 bits per heavy atom. The second kappa shape index (κ2) is 9.74. The number of piperidine rings is 1. The van der Waals surface area contributed by atoms with Crippen LogP contribution in [0.1, 0.15) is 25.3 Å². The summed E-state index contributed by atoms with van der Waals surface area (Å²) in [4.78, 5) is 16.2. The maximum absolute atomic E-state index is 14.3. The number of hydrogen-bond acceptors (Lipinski definition) is 7. The fraction of sp³-hybridized carbons (Fsp3) is 0.565. The molecule has 2 fully saturated rings. The summed E-state index contributed by atoms with van der Waals surface area (Å²) in [5.74, 6) is -2.17. The van der Waals surface area contributed by atoms with Crippen molar-refractivity contribution in [3.63, 3.8) is 0 Å². The minimum absolute atomic E-state index is 0.0783. The molecule has 4 atom stereocenters. The molecule has 0 bridgehead atoms. The number of nitrogens with zero attached hydrogens (tertiary/aromatic N) is 1. The Bertz CT molecular complexity index is 925. The van der Waals surface area contributed by atoms with E-state index in [0.29, 0.717) is 31.7 Å². The van der Waals surface area contributed by atoms with Crippen molar-refractivity contribution in [2.75, 3.05) is 26.2 Å². The molecule has 33 heavy (non-hydrogen) atoms. The van der Waals surface area contributed by atoms with Crippen molar-refractivity contribution in [3.8, 4) is 11.3 Å². The van der Waals surface area contributed by atoms with E-state index in [9.17, 15) is 18.7 Å². The third-order valence-corrected chi connectivity index (χ3v) is 6.76. The Morgan fingerprint density at radius 2 is 2.15 bits per heavy atom. The van der Waals surface area contributed by atoms with Crippen LogP contribution in [0, 0.1) is 5.41 Å². The van der Waals surface area contributed by atoms with Gasteiger partial charge in [-0.25, -0.2) is 18.6 Å². The number of carbonyl (C=O) groups excluding carboxylic acids is 1. The third kappa shape index (κ3) is 5.34. The fourth-order valence-electron chi connectivity index (χ4n) is 4.46. The highest BCUT2D eigenvalue weighted by Gasteiger charge is 2.51. The van der Waals surface area contributed by atoms with Crippen molar-refractivity contribution in [3.05, 3.63) is 42.4 Å². The molecule has 0 saturated carbocycles. The standard InChI is InChI=1S/C23H30F2N4O4/c1-22(6-8-26-13-23(22,24)25)7-9-28-21(31)33-20-17(29-11-18(20)30)10-15-2-4-16(5-3-15)19-12-27-14-32-19/h2-5,12,14,17-18,20,26,29-30H,6-11,13H2,1H3,(H,28,31)/t17-,18?,20+,22-/m1/s1. The first kappa shape index (κ1) is 23.6. The summed E-state index contributed by atoms with van der Waals surface area (Å²) in [6.45, 7) is 2.10. The van der Waals surface area contributed by atoms with E-state index < -0.39 is 29.6 Å². The smallest absolute Gasteiger partial charge is 0.407 e. The first-order valence-electron chi connectivity index (χ1n) is 11.2. The zero-order valence-electron chi connectivity index (χ0n) is 18.5.